The molecular formula is C24H27N5O2. The number of nitrogens with one attached hydrogen (secondary N) is 1. The highest BCUT2D eigenvalue weighted by Gasteiger charge is 2.41. The highest BCUT2D eigenvalue weighted by molar-refractivity contribution is 5.75. The lowest BCUT2D eigenvalue weighted by molar-refractivity contribution is 0.199. The number of rotatable bonds is 4. The number of nitrogens with zero attached hydrogens (tertiary/aromatic N) is 4. The van der Waals surface area contributed by atoms with Crippen LogP contribution < -0.4 is 5.32 Å². The molecule has 0 spiro atoms. The van der Waals surface area contributed by atoms with Crippen LogP contribution in [0.25, 0.3) is 11.4 Å². The van der Waals surface area contributed by atoms with Crippen LogP contribution in [0.4, 0.5) is 4.79 Å². The van der Waals surface area contributed by atoms with Crippen molar-refractivity contribution in [2.45, 2.75) is 50.0 Å². The Morgan fingerprint density at radius 3 is 2.58 bits per heavy atom. The smallest absolute Gasteiger partial charge is 0.317 e. The third-order valence-electron chi connectivity index (χ3n) is 6.44. The number of amides is 2. The lowest BCUT2D eigenvalue weighted by Crippen LogP contribution is -2.44. The summed E-state index contributed by atoms with van der Waals surface area (Å²) < 4.78 is 5.69. The Labute approximate surface area is 181 Å². The quantitative estimate of drug-likeness (QED) is 0.682. The van der Waals surface area contributed by atoms with Gasteiger partial charge in [0.1, 0.15) is 0 Å². The molecule has 2 fully saturated rings. The monoisotopic (exact) mass is 417 g/mol. The fraction of sp³-hybridized carbons (Fsp3) is 0.417. The normalized spacial score (nSPS) is 21.9. The summed E-state index contributed by atoms with van der Waals surface area (Å²) in [5.41, 5.74) is 2.00. The van der Waals surface area contributed by atoms with Crippen LogP contribution in [0, 0.1) is 0 Å². The van der Waals surface area contributed by atoms with Gasteiger partial charge in [0, 0.05) is 43.0 Å². The first-order valence-electron chi connectivity index (χ1n) is 11.1. The highest BCUT2D eigenvalue weighted by atomic mass is 16.5. The lowest BCUT2D eigenvalue weighted by Gasteiger charge is -2.26. The van der Waals surface area contributed by atoms with Crippen molar-refractivity contribution < 1.29 is 9.32 Å². The average molecular weight is 418 g/mol. The minimum atomic E-state index is -0.0636. The Morgan fingerprint density at radius 2 is 1.81 bits per heavy atom. The Hall–Kier alpha value is -3.22. The van der Waals surface area contributed by atoms with Gasteiger partial charge in [-0.3, -0.25) is 4.98 Å². The van der Waals surface area contributed by atoms with Crippen LogP contribution in [0.1, 0.15) is 55.4 Å². The molecule has 2 amide bonds. The second kappa shape index (κ2) is 8.88. The van der Waals surface area contributed by atoms with Crippen LogP contribution in [0.2, 0.25) is 0 Å². The van der Waals surface area contributed by atoms with E-state index >= 15 is 0 Å². The maximum Gasteiger partial charge on any atom is 0.317 e. The highest BCUT2D eigenvalue weighted by Crippen LogP contribution is 2.39. The van der Waals surface area contributed by atoms with Gasteiger partial charge >= 0.3 is 6.03 Å². The van der Waals surface area contributed by atoms with E-state index < -0.39 is 0 Å². The van der Waals surface area contributed by atoms with Crippen molar-refractivity contribution in [2.75, 3.05) is 13.1 Å². The summed E-state index contributed by atoms with van der Waals surface area (Å²) in [5, 5.41) is 7.44. The second-order valence-electron chi connectivity index (χ2n) is 8.51. The third-order valence-corrected chi connectivity index (χ3v) is 6.44. The molecule has 7 nitrogen and oxygen atoms in total. The zero-order chi connectivity index (χ0) is 21.0. The zero-order valence-electron chi connectivity index (χ0n) is 17.5. The summed E-state index contributed by atoms with van der Waals surface area (Å²) in [6, 6.07) is 14.1. The molecule has 5 rings (SSSR count). The number of aromatic nitrogens is 3. The molecule has 2 atom stereocenters. The van der Waals surface area contributed by atoms with E-state index in [1.807, 2.05) is 47.5 Å². The molecule has 7 heteroatoms. The third kappa shape index (κ3) is 4.31. The Kier molecular flexibility index (Phi) is 5.65. The van der Waals surface area contributed by atoms with Gasteiger partial charge in [-0.05, 0) is 24.5 Å². The number of benzene rings is 1. The molecule has 1 aliphatic carbocycles. The van der Waals surface area contributed by atoms with E-state index in [-0.39, 0.29) is 23.9 Å². The van der Waals surface area contributed by atoms with E-state index in [4.69, 9.17) is 9.51 Å². The number of carbonyl (C=O) groups excluding carboxylic acids is 1. The lowest BCUT2D eigenvalue weighted by atomic mass is 9.90. The molecule has 1 N–H and O–H groups in total. The van der Waals surface area contributed by atoms with Gasteiger partial charge in [-0.15, -0.1) is 0 Å². The Morgan fingerprint density at radius 1 is 1.00 bits per heavy atom. The predicted molar refractivity (Wildman–Crippen MR) is 116 cm³/mol. The van der Waals surface area contributed by atoms with Gasteiger partial charge in [-0.25, -0.2) is 4.79 Å². The Balaban J connectivity index is 1.38. The van der Waals surface area contributed by atoms with Crippen molar-refractivity contribution in [3.63, 3.8) is 0 Å². The van der Waals surface area contributed by atoms with Crippen molar-refractivity contribution in [3.05, 3.63) is 66.3 Å². The van der Waals surface area contributed by atoms with Crippen molar-refractivity contribution in [1.29, 1.82) is 0 Å². The predicted octanol–water partition coefficient (Wildman–Crippen LogP) is 4.36. The van der Waals surface area contributed by atoms with Crippen LogP contribution >= 0.6 is 0 Å². The van der Waals surface area contributed by atoms with Crippen LogP contribution in [-0.2, 0) is 0 Å². The molecular weight excluding hydrogens is 390 g/mol. The van der Waals surface area contributed by atoms with Crippen LogP contribution in [0.15, 0.2) is 59.4 Å². The average Bonchev–Trinajstić information content (AvgIpc) is 3.49. The molecule has 1 saturated heterocycles. The number of likely N-dealkylation sites (tertiary alicyclic amines) is 1. The fourth-order valence-corrected chi connectivity index (χ4v) is 4.76. The summed E-state index contributed by atoms with van der Waals surface area (Å²) in [6.07, 6.45) is 9.42. The van der Waals surface area contributed by atoms with E-state index in [0.29, 0.717) is 24.8 Å². The maximum atomic E-state index is 13.0. The molecule has 160 valence electrons. The molecule has 0 unspecified atom stereocenters. The molecule has 1 aliphatic heterocycles. The molecule has 2 aromatic heterocycles. The topological polar surface area (TPSA) is 84.2 Å². The summed E-state index contributed by atoms with van der Waals surface area (Å²) in [7, 11) is 0. The van der Waals surface area contributed by atoms with Gasteiger partial charge in [0.15, 0.2) is 0 Å². The van der Waals surface area contributed by atoms with Crippen LogP contribution in [0.5, 0.6) is 0 Å². The van der Waals surface area contributed by atoms with E-state index in [2.05, 4.69) is 21.5 Å². The molecule has 2 aliphatic rings. The van der Waals surface area contributed by atoms with Crippen molar-refractivity contribution in [1.82, 2.24) is 25.3 Å². The molecule has 31 heavy (non-hydrogen) atoms. The van der Waals surface area contributed by atoms with Crippen LogP contribution in [-0.4, -0.2) is 45.2 Å². The number of hydrogen-bond acceptors (Lipinski definition) is 5. The minimum absolute atomic E-state index is 0.00564. The van der Waals surface area contributed by atoms with E-state index in [1.165, 1.54) is 19.3 Å². The number of carbonyl (C=O) groups is 1. The fourth-order valence-electron chi connectivity index (χ4n) is 4.76. The van der Waals surface area contributed by atoms with E-state index in [1.54, 1.807) is 6.20 Å². The van der Waals surface area contributed by atoms with Crippen molar-refractivity contribution in [2.24, 2.45) is 0 Å². The SMILES string of the molecule is O=C(NC1CCCCC1)N1C[C@@H](c2cccnc2)[C@H](c2nc(-c3ccccc3)no2)C1. The first kappa shape index (κ1) is 19.7. The molecule has 0 radical (unpaired) electrons. The van der Waals surface area contributed by atoms with Gasteiger partial charge < -0.3 is 14.7 Å². The molecule has 3 aromatic rings. The summed E-state index contributed by atoms with van der Waals surface area (Å²) in [5.74, 6) is 1.15. The maximum absolute atomic E-state index is 13.0. The molecule has 1 aromatic carbocycles. The summed E-state index contributed by atoms with van der Waals surface area (Å²) in [6.45, 7) is 1.16. The Bertz CT molecular complexity index is 1000. The van der Waals surface area contributed by atoms with Crippen molar-refractivity contribution in [3.8, 4) is 11.4 Å². The van der Waals surface area contributed by atoms with Gasteiger partial charge in [0.2, 0.25) is 11.7 Å². The molecule has 1 saturated carbocycles. The second-order valence-corrected chi connectivity index (χ2v) is 8.51. The van der Waals surface area contributed by atoms with E-state index in [9.17, 15) is 4.79 Å². The van der Waals surface area contributed by atoms with Crippen LogP contribution in [0.3, 0.4) is 0 Å². The van der Waals surface area contributed by atoms with E-state index in [0.717, 1.165) is 24.0 Å². The standard InChI is InChI=1S/C24H27N5O2/c30-24(26-19-11-5-2-6-12-19)29-15-20(18-10-7-13-25-14-18)21(16-29)23-27-22(28-31-23)17-8-3-1-4-9-17/h1,3-4,7-10,13-14,19-21H,2,5-6,11-12,15-16H2,(H,26,30)/t20-,21+/m0/s1. The number of hydrogen-bond donors (Lipinski definition) is 1. The summed E-state index contributed by atoms with van der Waals surface area (Å²) in [4.78, 5) is 23.9. The summed E-state index contributed by atoms with van der Waals surface area (Å²) >= 11 is 0. The zero-order valence-corrected chi connectivity index (χ0v) is 17.5. The minimum Gasteiger partial charge on any atom is -0.339 e. The van der Waals surface area contributed by atoms with Gasteiger partial charge in [-0.2, -0.15) is 4.98 Å². The molecule has 0 bridgehead atoms. The van der Waals surface area contributed by atoms with Gasteiger partial charge in [0.05, 0.1) is 5.92 Å². The van der Waals surface area contributed by atoms with Gasteiger partial charge in [-0.1, -0.05) is 60.8 Å². The first-order valence-corrected chi connectivity index (χ1v) is 11.1. The van der Waals surface area contributed by atoms with Gasteiger partial charge in [0.25, 0.3) is 0 Å². The number of urea groups is 1. The molecule has 3 heterocycles. The van der Waals surface area contributed by atoms with Crippen molar-refractivity contribution >= 4 is 6.03 Å². The first-order chi connectivity index (χ1) is 15.3. The number of pyridine rings is 1. The largest absolute Gasteiger partial charge is 0.339 e.